The topological polar surface area (TPSA) is 66.0 Å². The second-order valence-electron chi connectivity index (χ2n) is 7.08. The quantitative estimate of drug-likeness (QED) is 0.817. The van der Waals surface area contributed by atoms with Crippen molar-refractivity contribution in [2.24, 2.45) is 0 Å². The Kier molecular flexibility index (Phi) is 4.67. The fraction of sp³-hybridized carbons (Fsp3) is 0.688. The van der Waals surface area contributed by atoms with Gasteiger partial charge in [-0.05, 0) is 27.2 Å². The summed E-state index contributed by atoms with van der Waals surface area (Å²) in [6, 6.07) is 0. The summed E-state index contributed by atoms with van der Waals surface area (Å²) in [6.07, 6.45) is 1.23. The van der Waals surface area contributed by atoms with Crippen molar-refractivity contribution in [2.45, 2.75) is 39.2 Å². The zero-order valence-electron chi connectivity index (χ0n) is 14.4. The fourth-order valence-corrected chi connectivity index (χ4v) is 3.78. The van der Waals surface area contributed by atoms with Gasteiger partial charge in [-0.15, -0.1) is 11.3 Å². The Morgan fingerprint density at radius 3 is 2.50 bits per heavy atom. The van der Waals surface area contributed by atoms with Crippen molar-refractivity contribution in [1.82, 2.24) is 9.88 Å². The van der Waals surface area contributed by atoms with Gasteiger partial charge in [0.25, 0.3) is 0 Å². The summed E-state index contributed by atoms with van der Waals surface area (Å²) in [4.78, 5) is 34.3. The molecule has 0 aromatic carbocycles. The molecule has 2 saturated heterocycles. The van der Waals surface area contributed by atoms with Crippen LogP contribution in [0.15, 0.2) is 5.51 Å². The van der Waals surface area contributed by atoms with E-state index in [1.54, 1.807) is 26.6 Å². The molecular formula is C16H24N4O3S. The molecule has 132 valence electrons. The number of ether oxygens (including phenoxy) is 1. The molecule has 0 bridgehead atoms. The summed E-state index contributed by atoms with van der Waals surface area (Å²) in [5.41, 5.74) is 1.31. The smallest absolute Gasteiger partial charge is 0.410 e. The second kappa shape index (κ2) is 6.58. The van der Waals surface area contributed by atoms with Crippen LogP contribution in [0.2, 0.25) is 0 Å². The van der Waals surface area contributed by atoms with Gasteiger partial charge in [-0.1, -0.05) is 0 Å². The van der Waals surface area contributed by atoms with Gasteiger partial charge in [0.15, 0.2) is 5.82 Å². The summed E-state index contributed by atoms with van der Waals surface area (Å²) in [5, 5.41) is 1.02. The van der Waals surface area contributed by atoms with Gasteiger partial charge in [0.1, 0.15) is 10.6 Å². The number of thiazole rings is 1. The number of hydrogen-bond acceptors (Lipinski definition) is 6. The number of carbonyl (C=O) groups is 2. The standard InChI is InChI=1S/C16H24N4O3S/c1-16(2,3)23-15(22)19-9-7-18(8-10-19)14-13(17-11-24-14)20-6-4-5-12(20)21/h11H,4-10H2,1-3H3. The molecule has 0 aliphatic carbocycles. The first-order valence-corrected chi connectivity index (χ1v) is 9.20. The molecule has 0 unspecified atom stereocenters. The van der Waals surface area contributed by atoms with Crippen LogP contribution in [0.1, 0.15) is 33.6 Å². The van der Waals surface area contributed by atoms with Gasteiger partial charge in [-0.3, -0.25) is 9.69 Å². The van der Waals surface area contributed by atoms with Crippen LogP contribution in [-0.2, 0) is 9.53 Å². The molecule has 1 aromatic rings. The molecule has 24 heavy (non-hydrogen) atoms. The highest BCUT2D eigenvalue weighted by molar-refractivity contribution is 7.14. The Balaban J connectivity index is 1.63. The molecule has 1 aromatic heterocycles. The van der Waals surface area contributed by atoms with Crippen LogP contribution in [0.25, 0.3) is 0 Å². The molecule has 8 heteroatoms. The van der Waals surface area contributed by atoms with Gasteiger partial charge in [0.05, 0.1) is 5.51 Å². The normalized spacial score (nSPS) is 19.1. The number of nitrogens with zero attached hydrogens (tertiary/aromatic N) is 4. The maximum atomic E-state index is 12.1. The molecule has 2 aliphatic heterocycles. The summed E-state index contributed by atoms with van der Waals surface area (Å²) >= 11 is 1.55. The van der Waals surface area contributed by atoms with Crippen LogP contribution < -0.4 is 9.80 Å². The zero-order chi connectivity index (χ0) is 17.3. The lowest BCUT2D eigenvalue weighted by Crippen LogP contribution is -2.50. The average Bonchev–Trinajstić information content (AvgIpc) is 3.14. The van der Waals surface area contributed by atoms with Crippen LogP contribution in [0.4, 0.5) is 15.6 Å². The molecule has 0 radical (unpaired) electrons. The van der Waals surface area contributed by atoms with Crippen LogP contribution in [0, 0.1) is 0 Å². The summed E-state index contributed by atoms with van der Waals surface area (Å²) in [7, 11) is 0. The third-order valence-corrected chi connectivity index (χ3v) is 4.95. The lowest BCUT2D eigenvalue weighted by atomic mass is 10.2. The molecule has 2 amide bonds. The number of aromatic nitrogens is 1. The van der Waals surface area contributed by atoms with E-state index >= 15 is 0 Å². The van der Waals surface area contributed by atoms with Crippen molar-refractivity contribution < 1.29 is 14.3 Å². The predicted octanol–water partition coefficient (Wildman–Crippen LogP) is 2.33. The number of amides is 2. The molecule has 0 N–H and O–H groups in total. The Labute approximate surface area is 146 Å². The largest absolute Gasteiger partial charge is 0.444 e. The monoisotopic (exact) mass is 352 g/mol. The van der Waals surface area contributed by atoms with E-state index < -0.39 is 5.60 Å². The molecule has 3 rings (SSSR count). The third kappa shape index (κ3) is 3.63. The summed E-state index contributed by atoms with van der Waals surface area (Å²) in [6.45, 7) is 9.02. The predicted molar refractivity (Wildman–Crippen MR) is 93.7 cm³/mol. The van der Waals surface area contributed by atoms with Gasteiger partial charge in [0.2, 0.25) is 5.91 Å². The summed E-state index contributed by atoms with van der Waals surface area (Å²) in [5.74, 6) is 0.919. The Bertz CT molecular complexity index is 617. The number of hydrogen-bond donors (Lipinski definition) is 0. The Morgan fingerprint density at radius 1 is 1.21 bits per heavy atom. The number of rotatable bonds is 2. The van der Waals surface area contributed by atoms with Gasteiger partial charge >= 0.3 is 6.09 Å². The van der Waals surface area contributed by atoms with Gasteiger partial charge < -0.3 is 14.5 Å². The minimum atomic E-state index is -0.477. The number of carbonyl (C=O) groups excluding carboxylic acids is 2. The highest BCUT2D eigenvalue weighted by Crippen LogP contribution is 2.35. The van der Waals surface area contributed by atoms with Crippen molar-refractivity contribution in [3.63, 3.8) is 0 Å². The molecule has 3 heterocycles. The number of anilines is 2. The van der Waals surface area contributed by atoms with Gasteiger partial charge in [0, 0.05) is 39.1 Å². The van der Waals surface area contributed by atoms with Crippen LogP contribution >= 0.6 is 11.3 Å². The van der Waals surface area contributed by atoms with Crippen LogP contribution in [0.3, 0.4) is 0 Å². The fourth-order valence-electron chi connectivity index (χ4n) is 2.93. The maximum Gasteiger partial charge on any atom is 0.410 e. The van der Waals surface area contributed by atoms with Crippen LogP contribution in [-0.4, -0.2) is 60.2 Å². The van der Waals surface area contributed by atoms with E-state index in [0.29, 0.717) is 19.5 Å². The molecule has 2 aliphatic rings. The first kappa shape index (κ1) is 17.0. The Morgan fingerprint density at radius 2 is 1.92 bits per heavy atom. The van der Waals surface area contributed by atoms with E-state index in [2.05, 4.69) is 9.88 Å². The summed E-state index contributed by atoms with van der Waals surface area (Å²) < 4.78 is 5.43. The zero-order valence-corrected chi connectivity index (χ0v) is 15.3. The average molecular weight is 352 g/mol. The minimum absolute atomic E-state index is 0.148. The maximum absolute atomic E-state index is 12.1. The van der Waals surface area contributed by atoms with E-state index in [1.165, 1.54) is 0 Å². The minimum Gasteiger partial charge on any atom is -0.444 e. The van der Waals surface area contributed by atoms with Crippen molar-refractivity contribution in [3.05, 3.63) is 5.51 Å². The molecule has 2 fully saturated rings. The molecule has 0 saturated carbocycles. The van der Waals surface area contributed by atoms with E-state index in [0.717, 1.165) is 36.9 Å². The highest BCUT2D eigenvalue weighted by Gasteiger charge is 2.31. The highest BCUT2D eigenvalue weighted by atomic mass is 32.1. The first-order valence-electron chi connectivity index (χ1n) is 8.32. The lowest BCUT2D eigenvalue weighted by Gasteiger charge is -2.36. The van der Waals surface area contributed by atoms with Gasteiger partial charge in [-0.2, -0.15) is 0 Å². The van der Waals surface area contributed by atoms with Crippen molar-refractivity contribution in [1.29, 1.82) is 0 Å². The second-order valence-corrected chi connectivity index (χ2v) is 7.92. The first-order chi connectivity index (χ1) is 11.3. The molecule has 0 spiro atoms. The van der Waals surface area contributed by atoms with Crippen molar-refractivity contribution >= 4 is 34.2 Å². The molecule has 0 atom stereocenters. The van der Waals surface area contributed by atoms with E-state index in [1.807, 2.05) is 20.8 Å². The van der Waals surface area contributed by atoms with E-state index in [9.17, 15) is 9.59 Å². The van der Waals surface area contributed by atoms with Crippen molar-refractivity contribution in [2.75, 3.05) is 42.5 Å². The van der Waals surface area contributed by atoms with E-state index in [-0.39, 0.29) is 12.0 Å². The lowest BCUT2D eigenvalue weighted by molar-refractivity contribution is -0.117. The van der Waals surface area contributed by atoms with Crippen LogP contribution in [0.5, 0.6) is 0 Å². The van der Waals surface area contributed by atoms with Gasteiger partial charge in [-0.25, -0.2) is 9.78 Å². The Hall–Kier alpha value is -1.83. The molecule has 7 nitrogen and oxygen atoms in total. The van der Waals surface area contributed by atoms with E-state index in [4.69, 9.17) is 4.74 Å². The third-order valence-electron chi connectivity index (χ3n) is 4.08. The number of piperazine rings is 1. The van der Waals surface area contributed by atoms with Crippen molar-refractivity contribution in [3.8, 4) is 0 Å². The SMILES string of the molecule is CC(C)(C)OC(=O)N1CCN(c2scnc2N2CCCC2=O)CC1. The molecular weight excluding hydrogens is 328 g/mol.